The van der Waals surface area contributed by atoms with Crippen LogP contribution in [0.4, 0.5) is 20.2 Å². The lowest BCUT2D eigenvalue weighted by Gasteiger charge is -2.38. The van der Waals surface area contributed by atoms with Crippen molar-refractivity contribution in [1.29, 1.82) is 0 Å². The summed E-state index contributed by atoms with van der Waals surface area (Å²) >= 11 is 0. The zero-order chi connectivity index (χ0) is 32.5. The third-order valence-electron chi connectivity index (χ3n) is 8.66. The zero-order valence-electron chi connectivity index (χ0n) is 26.8. The van der Waals surface area contributed by atoms with Gasteiger partial charge in [-0.1, -0.05) is 74.5 Å². The number of hydrogen-bond donors (Lipinski definition) is 1. The fourth-order valence-corrected chi connectivity index (χ4v) is 6.06. The molecule has 1 fully saturated rings. The van der Waals surface area contributed by atoms with E-state index in [1.807, 2.05) is 47.4 Å². The molecule has 0 atom stereocenters. The molecule has 1 saturated heterocycles. The number of aryl methyl sites for hydroxylation is 1. The highest BCUT2D eigenvalue weighted by molar-refractivity contribution is 5.95. The Morgan fingerprint density at radius 2 is 1.63 bits per heavy atom. The Labute approximate surface area is 272 Å². The van der Waals surface area contributed by atoms with Gasteiger partial charge in [0.25, 0.3) is 5.91 Å². The Hall–Kier alpha value is -4.71. The minimum atomic E-state index is -0.259. The molecule has 4 nitrogen and oxygen atoms in total. The van der Waals surface area contributed by atoms with E-state index >= 15 is 0 Å². The molecular formula is C40H43F2N3O. The predicted molar refractivity (Wildman–Crippen MR) is 186 cm³/mol. The van der Waals surface area contributed by atoms with Gasteiger partial charge in [0.2, 0.25) is 0 Å². The molecule has 0 spiro atoms. The molecule has 0 aromatic heterocycles. The third-order valence-corrected chi connectivity index (χ3v) is 8.66. The maximum absolute atomic E-state index is 14.1. The van der Waals surface area contributed by atoms with E-state index in [9.17, 15) is 13.6 Å². The largest absolute Gasteiger partial charge is 0.380 e. The number of carbonyl (C=O) groups excluding carboxylic acids is 1. The first-order chi connectivity index (χ1) is 22.3. The molecule has 1 N–H and O–H groups in total. The summed E-state index contributed by atoms with van der Waals surface area (Å²) in [7, 11) is 0. The summed E-state index contributed by atoms with van der Waals surface area (Å²) in [5.74, 6) is -0.301. The van der Waals surface area contributed by atoms with E-state index in [1.165, 1.54) is 18.2 Å². The van der Waals surface area contributed by atoms with Gasteiger partial charge in [-0.3, -0.25) is 4.79 Å². The molecule has 0 aliphatic carbocycles. The predicted octanol–water partition coefficient (Wildman–Crippen LogP) is 9.77. The molecule has 238 valence electrons. The van der Waals surface area contributed by atoms with E-state index in [-0.39, 0.29) is 23.5 Å². The van der Waals surface area contributed by atoms with Crippen LogP contribution < -0.4 is 10.2 Å². The van der Waals surface area contributed by atoms with Crippen LogP contribution in [-0.4, -0.2) is 23.9 Å². The van der Waals surface area contributed by atoms with Gasteiger partial charge in [-0.25, -0.2) is 8.78 Å². The summed E-state index contributed by atoms with van der Waals surface area (Å²) in [6.07, 6.45) is 7.75. The number of nitrogens with zero attached hydrogens (tertiary/aromatic N) is 2. The SMILES string of the molecule is C=C(C1CCN(C(=O)c2ccc(NCc3cccc(F)c3)c(/C=C\CCC)c2)CC1)N(Cc1cccc(F)c1)c1ccccc1C. The highest BCUT2D eigenvalue weighted by Crippen LogP contribution is 2.33. The van der Waals surface area contributed by atoms with Gasteiger partial charge in [-0.2, -0.15) is 0 Å². The van der Waals surface area contributed by atoms with Gasteiger partial charge in [0.15, 0.2) is 0 Å². The van der Waals surface area contributed by atoms with Gasteiger partial charge in [0, 0.05) is 54.7 Å². The van der Waals surface area contributed by atoms with Crippen LogP contribution in [0.1, 0.15) is 65.2 Å². The van der Waals surface area contributed by atoms with Gasteiger partial charge in [0.1, 0.15) is 11.6 Å². The van der Waals surface area contributed by atoms with Crippen molar-refractivity contribution < 1.29 is 13.6 Å². The van der Waals surface area contributed by atoms with Crippen LogP contribution in [0.5, 0.6) is 0 Å². The average molecular weight is 620 g/mol. The van der Waals surface area contributed by atoms with E-state index in [4.69, 9.17) is 0 Å². The van der Waals surface area contributed by atoms with E-state index < -0.39 is 0 Å². The average Bonchev–Trinajstić information content (AvgIpc) is 3.06. The van der Waals surface area contributed by atoms with Crippen molar-refractivity contribution in [3.05, 3.63) is 149 Å². The Kier molecular flexibility index (Phi) is 11.0. The summed E-state index contributed by atoms with van der Waals surface area (Å²) < 4.78 is 27.8. The van der Waals surface area contributed by atoms with E-state index in [0.717, 1.165) is 65.0 Å². The molecule has 0 unspecified atom stereocenters. The number of likely N-dealkylation sites (tertiary alicyclic amines) is 1. The van der Waals surface area contributed by atoms with Gasteiger partial charge in [-0.05, 0) is 97.0 Å². The smallest absolute Gasteiger partial charge is 0.253 e. The lowest BCUT2D eigenvalue weighted by Crippen LogP contribution is -2.40. The number of allylic oxidation sites excluding steroid dienone is 2. The number of nitrogens with one attached hydrogen (secondary N) is 1. The number of piperidine rings is 1. The monoisotopic (exact) mass is 619 g/mol. The Balaban J connectivity index is 1.28. The van der Waals surface area contributed by atoms with Crippen LogP contribution >= 0.6 is 0 Å². The number of para-hydroxylation sites is 1. The Morgan fingerprint density at radius 1 is 0.935 bits per heavy atom. The zero-order valence-corrected chi connectivity index (χ0v) is 26.8. The first kappa shape index (κ1) is 32.7. The first-order valence-electron chi connectivity index (χ1n) is 16.2. The second-order valence-electron chi connectivity index (χ2n) is 12.0. The summed E-state index contributed by atoms with van der Waals surface area (Å²) in [4.78, 5) is 17.9. The molecule has 0 radical (unpaired) electrons. The normalized spacial score (nSPS) is 13.6. The summed E-state index contributed by atoms with van der Waals surface area (Å²) in [6.45, 7) is 11.0. The quantitative estimate of drug-likeness (QED) is 0.171. The molecule has 6 heteroatoms. The molecule has 1 aliphatic heterocycles. The lowest BCUT2D eigenvalue weighted by molar-refractivity contribution is 0.0701. The fourth-order valence-electron chi connectivity index (χ4n) is 6.06. The molecule has 1 aliphatic rings. The Morgan fingerprint density at radius 3 is 2.33 bits per heavy atom. The molecule has 46 heavy (non-hydrogen) atoms. The minimum Gasteiger partial charge on any atom is -0.380 e. The maximum Gasteiger partial charge on any atom is 0.253 e. The van der Waals surface area contributed by atoms with Gasteiger partial charge in [0.05, 0.1) is 0 Å². The highest BCUT2D eigenvalue weighted by Gasteiger charge is 2.28. The Bertz CT molecular complexity index is 1690. The van der Waals surface area contributed by atoms with Crippen molar-refractivity contribution in [3.63, 3.8) is 0 Å². The van der Waals surface area contributed by atoms with Crippen molar-refractivity contribution in [2.24, 2.45) is 5.92 Å². The topological polar surface area (TPSA) is 35.6 Å². The summed E-state index contributed by atoms with van der Waals surface area (Å²) in [5, 5.41) is 3.42. The molecule has 5 rings (SSSR count). The molecule has 0 saturated carbocycles. The molecular weight excluding hydrogens is 576 g/mol. The summed E-state index contributed by atoms with van der Waals surface area (Å²) in [6, 6.07) is 27.3. The van der Waals surface area contributed by atoms with Crippen LogP contribution in [0.3, 0.4) is 0 Å². The molecule has 4 aromatic rings. The number of unbranched alkanes of at least 4 members (excludes halogenated alkanes) is 1. The number of halogens is 2. The van der Waals surface area contributed by atoms with E-state index in [0.29, 0.717) is 31.7 Å². The number of amides is 1. The standard InChI is InChI=1S/C40H43F2N3O/c1-4-5-6-14-34-26-35(18-19-38(34)43-27-31-12-9-15-36(41)24-31)40(46)44-22-20-33(21-23-44)30(3)45(39-17-8-7-11-29(39)2)28-32-13-10-16-37(42)25-32/h6-19,24-26,33,43H,3-5,20-23,27-28H2,1-2H3/b14-6-. The second kappa shape index (κ2) is 15.5. The van der Waals surface area contributed by atoms with E-state index in [1.54, 1.807) is 18.2 Å². The van der Waals surface area contributed by atoms with Crippen LogP contribution in [-0.2, 0) is 13.1 Å². The van der Waals surface area contributed by atoms with Crippen molar-refractivity contribution in [2.75, 3.05) is 23.3 Å². The van der Waals surface area contributed by atoms with Gasteiger partial charge < -0.3 is 15.1 Å². The number of anilines is 2. The fraction of sp³-hybridized carbons (Fsp3) is 0.275. The van der Waals surface area contributed by atoms with Crippen LogP contribution in [0.15, 0.2) is 109 Å². The molecule has 0 bridgehead atoms. The van der Waals surface area contributed by atoms with Crippen molar-refractivity contribution >= 4 is 23.4 Å². The number of hydrogen-bond acceptors (Lipinski definition) is 3. The second-order valence-corrected chi connectivity index (χ2v) is 12.0. The van der Waals surface area contributed by atoms with Gasteiger partial charge in [-0.15, -0.1) is 0 Å². The highest BCUT2D eigenvalue weighted by atomic mass is 19.1. The summed E-state index contributed by atoms with van der Waals surface area (Å²) in [5.41, 5.74) is 7.40. The van der Waals surface area contributed by atoms with Crippen molar-refractivity contribution in [3.8, 4) is 0 Å². The number of rotatable bonds is 12. The first-order valence-corrected chi connectivity index (χ1v) is 16.2. The maximum atomic E-state index is 14.1. The number of benzene rings is 4. The van der Waals surface area contributed by atoms with E-state index in [2.05, 4.69) is 54.9 Å². The van der Waals surface area contributed by atoms with Crippen molar-refractivity contribution in [1.82, 2.24) is 4.90 Å². The molecule has 1 amide bonds. The van der Waals surface area contributed by atoms with Crippen LogP contribution in [0, 0.1) is 24.5 Å². The van der Waals surface area contributed by atoms with Gasteiger partial charge >= 0.3 is 0 Å². The van der Waals surface area contributed by atoms with Crippen LogP contribution in [0.2, 0.25) is 0 Å². The lowest BCUT2D eigenvalue weighted by atomic mass is 9.91. The number of carbonyl (C=O) groups is 1. The van der Waals surface area contributed by atoms with Crippen molar-refractivity contribution in [2.45, 2.75) is 52.6 Å². The van der Waals surface area contributed by atoms with Crippen LogP contribution in [0.25, 0.3) is 6.08 Å². The molecule has 1 heterocycles. The minimum absolute atomic E-state index is 0.0152. The molecule has 4 aromatic carbocycles. The third kappa shape index (κ3) is 8.30.